The molecule has 18 heavy (non-hydrogen) atoms. The summed E-state index contributed by atoms with van der Waals surface area (Å²) < 4.78 is 0. The first-order valence-corrected chi connectivity index (χ1v) is 6.98. The van der Waals surface area contributed by atoms with Gasteiger partial charge >= 0.3 is 0 Å². The number of rotatable bonds is 6. The number of pyridine rings is 1. The summed E-state index contributed by atoms with van der Waals surface area (Å²) in [4.78, 5) is 12.0. The Bertz CT molecular complexity index is 465. The van der Waals surface area contributed by atoms with E-state index in [1.54, 1.807) is 17.5 Å². The minimum absolute atomic E-state index is 0.796. The van der Waals surface area contributed by atoms with Crippen LogP contribution < -0.4 is 10.2 Å². The fourth-order valence-electron chi connectivity index (χ4n) is 1.68. The number of thiazole rings is 1. The topological polar surface area (TPSA) is 41.1 Å². The Balaban J connectivity index is 1.95. The monoisotopic (exact) mass is 262 g/mol. The molecule has 0 radical (unpaired) electrons. The minimum Gasteiger partial charge on any atom is -0.379 e. The van der Waals surface area contributed by atoms with Crippen molar-refractivity contribution in [1.29, 1.82) is 0 Å². The molecular formula is C13H18N4S. The third-order valence-corrected chi connectivity index (χ3v) is 3.76. The molecule has 2 aromatic rings. The summed E-state index contributed by atoms with van der Waals surface area (Å²) in [5, 5.41) is 4.44. The van der Waals surface area contributed by atoms with Crippen molar-refractivity contribution >= 4 is 22.2 Å². The summed E-state index contributed by atoms with van der Waals surface area (Å²) in [6.45, 7) is 7.10. The van der Waals surface area contributed by atoms with Crippen molar-refractivity contribution in [2.75, 3.05) is 23.3 Å². The molecule has 0 atom stereocenters. The molecule has 96 valence electrons. The molecule has 2 rings (SSSR count). The van der Waals surface area contributed by atoms with Crippen molar-refractivity contribution in [1.82, 2.24) is 9.97 Å². The van der Waals surface area contributed by atoms with Crippen LogP contribution in [0.15, 0.2) is 30.7 Å². The molecule has 0 aromatic carbocycles. The highest BCUT2D eigenvalue weighted by Gasteiger charge is 2.07. The number of hydrogen-bond acceptors (Lipinski definition) is 5. The van der Waals surface area contributed by atoms with Crippen LogP contribution in [0, 0.1) is 0 Å². The van der Waals surface area contributed by atoms with Crippen LogP contribution in [-0.2, 0) is 6.54 Å². The highest BCUT2D eigenvalue weighted by atomic mass is 32.1. The van der Waals surface area contributed by atoms with Gasteiger partial charge in [0.1, 0.15) is 0 Å². The summed E-state index contributed by atoms with van der Waals surface area (Å²) in [5.41, 5.74) is 1.04. The SMILES string of the molecule is CCN(CC)c1ncc(CNc2cccnc2)s1. The van der Waals surface area contributed by atoms with Gasteiger partial charge in [-0.05, 0) is 26.0 Å². The summed E-state index contributed by atoms with van der Waals surface area (Å²) in [6, 6.07) is 3.94. The Hall–Kier alpha value is -1.62. The third-order valence-electron chi connectivity index (χ3n) is 2.70. The Morgan fingerprint density at radius 2 is 2.11 bits per heavy atom. The molecule has 0 aliphatic heterocycles. The van der Waals surface area contributed by atoms with Gasteiger partial charge in [0.25, 0.3) is 0 Å². The van der Waals surface area contributed by atoms with Crippen LogP contribution >= 0.6 is 11.3 Å². The van der Waals surface area contributed by atoms with Crippen molar-refractivity contribution in [2.45, 2.75) is 20.4 Å². The van der Waals surface area contributed by atoms with Crippen LogP contribution in [0.3, 0.4) is 0 Å². The van der Waals surface area contributed by atoms with Gasteiger partial charge in [0.05, 0.1) is 12.2 Å². The minimum atomic E-state index is 0.796. The Morgan fingerprint density at radius 3 is 2.78 bits per heavy atom. The lowest BCUT2D eigenvalue weighted by atomic mass is 10.4. The quantitative estimate of drug-likeness (QED) is 0.869. The lowest BCUT2D eigenvalue weighted by Crippen LogP contribution is -2.21. The zero-order valence-corrected chi connectivity index (χ0v) is 11.6. The van der Waals surface area contributed by atoms with E-state index < -0.39 is 0 Å². The van der Waals surface area contributed by atoms with Crippen molar-refractivity contribution in [2.24, 2.45) is 0 Å². The van der Waals surface area contributed by atoms with E-state index in [0.717, 1.165) is 30.5 Å². The molecule has 4 nitrogen and oxygen atoms in total. The van der Waals surface area contributed by atoms with Gasteiger partial charge in [-0.1, -0.05) is 0 Å². The van der Waals surface area contributed by atoms with Gasteiger partial charge in [0, 0.05) is 36.6 Å². The largest absolute Gasteiger partial charge is 0.379 e. The maximum Gasteiger partial charge on any atom is 0.185 e. The second-order valence-electron chi connectivity index (χ2n) is 3.88. The third kappa shape index (κ3) is 3.20. The number of nitrogens with one attached hydrogen (secondary N) is 1. The first-order chi connectivity index (χ1) is 8.83. The van der Waals surface area contributed by atoms with Crippen LogP contribution in [0.2, 0.25) is 0 Å². The zero-order valence-electron chi connectivity index (χ0n) is 10.8. The van der Waals surface area contributed by atoms with E-state index in [1.807, 2.05) is 24.5 Å². The smallest absolute Gasteiger partial charge is 0.185 e. The summed E-state index contributed by atoms with van der Waals surface area (Å²) in [7, 11) is 0. The number of hydrogen-bond donors (Lipinski definition) is 1. The van der Waals surface area contributed by atoms with E-state index in [4.69, 9.17) is 0 Å². The van der Waals surface area contributed by atoms with E-state index in [9.17, 15) is 0 Å². The standard InChI is InChI=1S/C13H18N4S/c1-3-17(4-2)13-16-10-12(18-13)9-15-11-6-5-7-14-8-11/h5-8,10,15H,3-4,9H2,1-2H3. The maximum atomic E-state index is 4.46. The molecule has 0 unspecified atom stereocenters. The number of anilines is 2. The second kappa shape index (κ2) is 6.35. The fourth-order valence-corrected chi connectivity index (χ4v) is 2.65. The van der Waals surface area contributed by atoms with Crippen molar-refractivity contribution in [3.05, 3.63) is 35.6 Å². The molecule has 0 saturated carbocycles. The Labute approximate surface area is 112 Å². The molecule has 2 heterocycles. The van der Waals surface area contributed by atoms with E-state index in [2.05, 4.69) is 34.0 Å². The summed E-state index contributed by atoms with van der Waals surface area (Å²) in [5.74, 6) is 0. The van der Waals surface area contributed by atoms with Crippen LogP contribution in [0.4, 0.5) is 10.8 Å². The molecular weight excluding hydrogens is 244 g/mol. The fraction of sp³-hybridized carbons (Fsp3) is 0.385. The van der Waals surface area contributed by atoms with Gasteiger partial charge in [0.2, 0.25) is 0 Å². The van der Waals surface area contributed by atoms with E-state index in [1.165, 1.54) is 4.88 Å². The highest BCUT2D eigenvalue weighted by Crippen LogP contribution is 2.22. The van der Waals surface area contributed by atoms with Crippen molar-refractivity contribution in [3.8, 4) is 0 Å². The molecule has 0 saturated heterocycles. The summed E-state index contributed by atoms with van der Waals surface area (Å²) >= 11 is 1.74. The van der Waals surface area contributed by atoms with Gasteiger partial charge in [-0.25, -0.2) is 4.98 Å². The normalized spacial score (nSPS) is 10.3. The molecule has 0 spiro atoms. The van der Waals surface area contributed by atoms with Crippen LogP contribution in [-0.4, -0.2) is 23.1 Å². The first-order valence-electron chi connectivity index (χ1n) is 6.17. The molecule has 0 bridgehead atoms. The van der Waals surface area contributed by atoms with Crippen molar-refractivity contribution < 1.29 is 0 Å². The lowest BCUT2D eigenvalue weighted by molar-refractivity contribution is 0.860. The zero-order chi connectivity index (χ0) is 12.8. The van der Waals surface area contributed by atoms with Gasteiger partial charge < -0.3 is 10.2 Å². The lowest BCUT2D eigenvalue weighted by Gasteiger charge is -2.16. The van der Waals surface area contributed by atoms with Crippen molar-refractivity contribution in [3.63, 3.8) is 0 Å². The molecule has 1 N–H and O–H groups in total. The maximum absolute atomic E-state index is 4.46. The van der Waals surface area contributed by atoms with Gasteiger partial charge in [-0.2, -0.15) is 0 Å². The predicted octanol–water partition coefficient (Wildman–Crippen LogP) is 3.00. The number of nitrogens with zero attached hydrogens (tertiary/aromatic N) is 3. The van der Waals surface area contributed by atoms with Gasteiger partial charge in [-0.15, -0.1) is 11.3 Å². The molecule has 0 aliphatic rings. The Morgan fingerprint density at radius 1 is 1.28 bits per heavy atom. The second-order valence-corrected chi connectivity index (χ2v) is 4.97. The van der Waals surface area contributed by atoms with Crippen LogP contribution in [0.5, 0.6) is 0 Å². The Kier molecular flexibility index (Phi) is 4.52. The van der Waals surface area contributed by atoms with E-state index in [0.29, 0.717) is 0 Å². The number of aromatic nitrogens is 2. The van der Waals surface area contributed by atoms with Gasteiger partial charge in [0.15, 0.2) is 5.13 Å². The van der Waals surface area contributed by atoms with E-state index >= 15 is 0 Å². The molecule has 5 heteroatoms. The molecule has 2 aromatic heterocycles. The van der Waals surface area contributed by atoms with Crippen LogP contribution in [0.1, 0.15) is 18.7 Å². The summed E-state index contributed by atoms with van der Waals surface area (Å²) in [6.07, 6.45) is 5.55. The highest BCUT2D eigenvalue weighted by molar-refractivity contribution is 7.15. The molecule has 0 amide bonds. The average Bonchev–Trinajstić information content (AvgIpc) is 2.88. The van der Waals surface area contributed by atoms with Gasteiger partial charge in [-0.3, -0.25) is 4.98 Å². The molecule has 0 aliphatic carbocycles. The van der Waals surface area contributed by atoms with E-state index in [-0.39, 0.29) is 0 Å². The predicted molar refractivity (Wildman–Crippen MR) is 77.2 cm³/mol. The first kappa shape index (κ1) is 12.8. The van der Waals surface area contributed by atoms with Crippen LogP contribution in [0.25, 0.3) is 0 Å². The average molecular weight is 262 g/mol. The molecule has 0 fully saturated rings.